The van der Waals surface area contributed by atoms with Crippen molar-refractivity contribution < 1.29 is 38.6 Å². The van der Waals surface area contributed by atoms with Gasteiger partial charge in [0.15, 0.2) is 0 Å². The second kappa shape index (κ2) is 18.2. The number of rotatable bonds is 14. The van der Waals surface area contributed by atoms with Crippen LogP contribution in [0.3, 0.4) is 0 Å². The minimum atomic E-state index is -1.21. The number of aliphatic hydroxyl groups excluding tert-OH is 1. The van der Waals surface area contributed by atoms with Gasteiger partial charge in [0.25, 0.3) is 11.8 Å². The van der Waals surface area contributed by atoms with Gasteiger partial charge in [-0.1, -0.05) is 54.4 Å². The largest absolute Gasteiger partial charge is 0.443 e. The predicted octanol–water partition coefficient (Wildman–Crippen LogP) is 2.19. The molecule has 0 aromatic carbocycles. The highest BCUT2D eigenvalue weighted by Crippen LogP contribution is 2.23. The van der Waals surface area contributed by atoms with E-state index >= 15 is 0 Å². The van der Waals surface area contributed by atoms with Crippen LogP contribution in [0.15, 0.2) is 0 Å². The Labute approximate surface area is 280 Å². The summed E-state index contributed by atoms with van der Waals surface area (Å²) in [5, 5.41) is 13.3. The van der Waals surface area contributed by atoms with E-state index in [1.165, 1.54) is 35.7 Å². The Morgan fingerprint density at radius 1 is 0.894 bits per heavy atom. The summed E-state index contributed by atoms with van der Waals surface area (Å²) in [6.07, 6.45) is 0.307. The molecule has 14 nitrogen and oxygen atoms in total. The number of aliphatic hydroxyl groups is 1. The molecule has 0 bridgehead atoms. The van der Waals surface area contributed by atoms with E-state index in [4.69, 9.17) is 4.74 Å². The fourth-order valence-corrected chi connectivity index (χ4v) is 5.44. The molecular weight excluding hydrogens is 608 g/mol. The molecule has 0 spiro atoms. The summed E-state index contributed by atoms with van der Waals surface area (Å²) >= 11 is 0. The van der Waals surface area contributed by atoms with Crippen LogP contribution in [-0.4, -0.2) is 112 Å². The van der Waals surface area contributed by atoms with E-state index in [-0.39, 0.29) is 24.2 Å². The zero-order valence-corrected chi connectivity index (χ0v) is 30.5. The monoisotopic (exact) mass is 668 g/mol. The average molecular weight is 669 g/mol. The first-order valence-corrected chi connectivity index (χ1v) is 16.8. The van der Waals surface area contributed by atoms with Crippen LogP contribution >= 0.6 is 0 Å². The van der Waals surface area contributed by atoms with E-state index in [0.717, 1.165) is 0 Å². The Balaban J connectivity index is 3.17. The maximum absolute atomic E-state index is 14.1. The molecule has 1 fully saturated rings. The Hall–Kier alpha value is -3.42. The Kier molecular flexibility index (Phi) is 16.1. The average Bonchev–Trinajstić information content (AvgIpc) is 3.49. The van der Waals surface area contributed by atoms with Crippen LogP contribution in [0.2, 0.25) is 0 Å². The van der Waals surface area contributed by atoms with Crippen LogP contribution in [0.4, 0.5) is 4.79 Å². The molecule has 6 amide bonds. The molecule has 1 saturated heterocycles. The van der Waals surface area contributed by atoms with Crippen LogP contribution in [-0.2, 0) is 28.7 Å². The van der Waals surface area contributed by atoms with E-state index < -0.39 is 71.5 Å². The summed E-state index contributed by atoms with van der Waals surface area (Å²) in [6.45, 7) is 18.1. The first-order valence-electron chi connectivity index (χ1n) is 16.8. The number of hydrogen-bond donors (Lipinski definition) is 4. The van der Waals surface area contributed by atoms with Crippen LogP contribution in [0.1, 0.15) is 101 Å². The predicted molar refractivity (Wildman–Crippen MR) is 177 cm³/mol. The molecular formula is C33H60N6O8. The number of nitrogens with one attached hydrogen (secondary N) is 3. The minimum Gasteiger partial charge on any atom is -0.443 e. The SMILES string of the molecule is CC[C@H](C)[C@H](NC(=O)[C@@H]1CCCN1C(=O)[C@H](O)CC(C)C)C(=O)N(C)[C@H](C(=O)N(C)[C@@H](C)C(=O)NNC(=O)OC(C)(C)C)[C@@H](C)CC. The molecule has 0 saturated carbocycles. The summed E-state index contributed by atoms with van der Waals surface area (Å²) in [6, 6.07) is -3.79. The summed E-state index contributed by atoms with van der Waals surface area (Å²) in [4.78, 5) is 83.4. The number of ether oxygens (including phenoxy) is 1. The van der Waals surface area contributed by atoms with Crippen molar-refractivity contribution in [3.05, 3.63) is 0 Å². The zero-order chi connectivity index (χ0) is 36.4. The molecule has 0 aromatic heterocycles. The lowest BCUT2D eigenvalue weighted by atomic mass is 9.92. The quantitative estimate of drug-likeness (QED) is 0.204. The molecule has 1 rings (SSSR count). The molecule has 1 aliphatic rings. The van der Waals surface area contributed by atoms with Crippen molar-refractivity contribution in [3.8, 4) is 0 Å². The standard InChI is InChI=1S/C33H60N6O8/c1-13-20(5)25(34-28(42)23-16-15-17-39(23)29(43)24(40)18-19(3)4)30(44)38(12)26(21(6)14-2)31(45)37(11)22(7)27(41)35-36-32(46)47-33(8,9)10/h19-26,40H,13-18H2,1-12H3,(H,34,42)(H,35,41)(H,36,46)/t20-,21-,22-,23-,24+,25-,26-/m0/s1. The number of amides is 6. The van der Waals surface area contributed by atoms with E-state index in [1.54, 1.807) is 20.8 Å². The molecule has 0 aliphatic carbocycles. The second-order valence-electron chi connectivity index (χ2n) is 14.2. The lowest BCUT2D eigenvalue weighted by Crippen LogP contribution is -2.61. The third-order valence-electron chi connectivity index (χ3n) is 8.79. The van der Waals surface area contributed by atoms with Crippen molar-refractivity contribution in [3.63, 3.8) is 0 Å². The van der Waals surface area contributed by atoms with Gasteiger partial charge in [0.2, 0.25) is 17.7 Å². The molecule has 7 atom stereocenters. The third-order valence-corrected chi connectivity index (χ3v) is 8.79. The fraction of sp³-hybridized carbons (Fsp3) is 0.818. The van der Waals surface area contributed by atoms with Crippen molar-refractivity contribution >= 4 is 35.6 Å². The number of carbonyl (C=O) groups is 6. The number of likely N-dealkylation sites (N-methyl/N-ethyl adjacent to an activating group) is 2. The summed E-state index contributed by atoms with van der Waals surface area (Å²) < 4.78 is 5.12. The van der Waals surface area contributed by atoms with Gasteiger partial charge in [0.1, 0.15) is 35.9 Å². The normalized spacial score (nSPS) is 18.7. The minimum absolute atomic E-state index is 0.0956. The topological polar surface area (TPSA) is 178 Å². The first-order chi connectivity index (χ1) is 21.7. The van der Waals surface area contributed by atoms with Gasteiger partial charge in [0, 0.05) is 20.6 Å². The molecule has 47 heavy (non-hydrogen) atoms. The molecule has 0 unspecified atom stereocenters. The van der Waals surface area contributed by atoms with Gasteiger partial charge in [0.05, 0.1) is 0 Å². The van der Waals surface area contributed by atoms with Gasteiger partial charge < -0.3 is 29.9 Å². The second-order valence-corrected chi connectivity index (χ2v) is 14.2. The van der Waals surface area contributed by atoms with Crippen molar-refractivity contribution in [2.24, 2.45) is 17.8 Å². The molecule has 14 heteroatoms. The third kappa shape index (κ3) is 12.0. The van der Waals surface area contributed by atoms with Gasteiger partial charge in [-0.2, -0.15) is 0 Å². The summed E-state index contributed by atoms with van der Waals surface area (Å²) in [7, 11) is 2.95. The Morgan fingerprint density at radius 2 is 1.47 bits per heavy atom. The van der Waals surface area contributed by atoms with Gasteiger partial charge in [-0.25, -0.2) is 10.2 Å². The molecule has 1 aliphatic heterocycles. The highest BCUT2D eigenvalue weighted by atomic mass is 16.6. The van der Waals surface area contributed by atoms with Crippen molar-refractivity contribution in [2.45, 2.75) is 137 Å². The van der Waals surface area contributed by atoms with E-state index in [1.807, 2.05) is 41.5 Å². The maximum Gasteiger partial charge on any atom is 0.426 e. The van der Waals surface area contributed by atoms with E-state index in [2.05, 4.69) is 16.2 Å². The molecule has 270 valence electrons. The summed E-state index contributed by atoms with van der Waals surface area (Å²) in [5.41, 5.74) is 3.66. The van der Waals surface area contributed by atoms with E-state index in [0.29, 0.717) is 32.2 Å². The lowest BCUT2D eigenvalue weighted by molar-refractivity contribution is -0.151. The molecule has 4 N–H and O–H groups in total. The number of likely N-dealkylation sites (tertiary alicyclic amines) is 1. The number of carbonyl (C=O) groups excluding carboxylic acids is 6. The Bertz CT molecular complexity index is 1110. The van der Waals surface area contributed by atoms with Crippen LogP contribution in [0.25, 0.3) is 0 Å². The Morgan fingerprint density at radius 3 is 1.98 bits per heavy atom. The van der Waals surface area contributed by atoms with Crippen molar-refractivity contribution in [1.29, 1.82) is 0 Å². The fourth-order valence-electron chi connectivity index (χ4n) is 5.44. The van der Waals surface area contributed by atoms with Crippen molar-refractivity contribution in [1.82, 2.24) is 30.9 Å². The molecule has 0 radical (unpaired) electrons. The summed E-state index contributed by atoms with van der Waals surface area (Å²) in [5.74, 6) is -3.13. The maximum atomic E-state index is 14.1. The van der Waals surface area contributed by atoms with Crippen LogP contribution in [0.5, 0.6) is 0 Å². The zero-order valence-electron chi connectivity index (χ0n) is 30.5. The lowest BCUT2D eigenvalue weighted by Gasteiger charge is -2.38. The van der Waals surface area contributed by atoms with Crippen molar-refractivity contribution in [2.75, 3.05) is 20.6 Å². The van der Waals surface area contributed by atoms with E-state index in [9.17, 15) is 33.9 Å². The highest BCUT2D eigenvalue weighted by Gasteiger charge is 2.42. The smallest absolute Gasteiger partial charge is 0.426 e. The first kappa shape index (κ1) is 41.6. The number of hydrogen-bond acceptors (Lipinski definition) is 8. The van der Waals surface area contributed by atoms with Gasteiger partial charge in [-0.05, 0) is 64.7 Å². The van der Waals surface area contributed by atoms with Gasteiger partial charge in [-0.3, -0.25) is 29.4 Å². The van der Waals surface area contributed by atoms with Crippen LogP contribution in [0, 0.1) is 17.8 Å². The number of nitrogens with zero attached hydrogens (tertiary/aromatic N) is 3. The molecule has 1 heterocycles. The van der Waals surface area contributed by atoms with Gasteiger partial charge >= 0.3 is 6.09 Å². The van der Waals surface area contributed by atoms with Crippen LogP contribution < -0.4 is 16.2 Å². The molecule has 0 aromatic rings. The highest BCUT2D eigenvalue weighted by molar-refractivity contribution is 5.96. The number of hydrazine groups is 1. The van der Waals surface area contributed by atoms with Gasteiger partial charge in [-0.15, -0.1) is 0 Å².